The van der Waals surface area contributed by atoms with Gasteiger partial charge in [-0.3, -0.25) is 4.79 Å². The summed E-state index contributed by atoms with van der Waals surface area (Å²) in [6, 6.07) is 0.334. The summed E-state index contributed by atoms with van der Waals surface area (Å²) in [5, 5.41) is 11.0. The fourth-order valence-electron chi connectivity index (χ4n) is 4.48. The fourth-order valence-corrected chi connectivity index (χ4v) is 6.13. The zero-order chi connectivity index (χ0) is 22.2. The number of oxime groups is 1. The number of aromatic nitrogens is 4. The maximum Gasteiger partial charge on any atom is 0.257 e. The molecule has 3 aromatic rings. The van der Waals surface area contributed by atoms with Crippen LogP contribution in [0.1, 0.15) is 46.7 Å². The van der Waals surface area contributed by atoms with E-state index in [1.807, 2.05) is 24.1 Å². The number of rotatable bonds is 5. The second-order valence-corrected chi connectivity index (χ2v) is 10.0. The molecule has 2 aliphatic rings. The van der Waals surface area contributed by atoms with Crippen LogP contribution in [0.3, 0.4) is 0 Å². The molecule has 9 nitrogen and oxygen atoms in total. The van der Waals surface area contributed by atoms with Gasteiger partial charge in [-0.05, 0) is 26.7 Å². The molecular weight excluding hydrogens is 446 g/mol. The van der Waals surface area contributed by atoms with Crippen molar-refractivity contribution in [3.8, 4) is 10.6 Å². The lowest BCUT2D eigenvalue weighted by molar-refractivity contribution is 0.0653. The molecular formula is C21H23N7O2S2. The van der Waals surface area contributed by atoms with Crippen LogP contribution in [0.4, 0.5) is 11.1 Å². The van der Waals surface area contributed by atoms with Crippen LogP contribution in [0.25, 0.3) is 10.6 Å². The van der Waals surface area contributed by atoms with Gasteiger partial charge in [-0.25, -0.2) is 19.9 Å². The summed E-state index contributed by atoms with van der Waals surface area (Å²) in [4.78, 5) is 38.9. The van der Waals surface area contributed by atoms with Gasteiger partial charge < -0.3 is 15.1 Å². The van der Waals surface area contributed by atoms with Crippen LogP contribution in [0.15, 0.2) is 22.9 Å². The van der Waals surface area contributed by atoms with E-state index in [4.69, 9.17) is 4.84 Å². The number of hydrogen-bond donors (Lipinski definition) is 1. The first-order valence-electron chi connectivity index (χ1n) is 10.4. The number of piperidine rings is 1. The van der Waals surface area contributed by atoms with Crippen molar-refractivity contribution in [2.24, 2.45) is 5.16 Å². The molecule has 2 bridgehead atoms. The highest BCUT2D eigenvalue weighted by Crippen LogP contribution is 2.36. The van der Waals surface area contributed by atoms with Gasteiger partial charge >= 0.3 is 0 Å². The Morgan fingerprint density at radius 3 is 2.53 bits per heavy atom. The van der Waals surface area contributed by atoms with Gasteiger partial charge in [-0.2, -0.15) is 0 Å². The molecule has 2 saturated heterocycles. The summed E-state index contributed by atoms with van der Waals surface area (Å²) < 4.78 is 0. The summed E-state index contributed by atoms with van der Waals surface area (Å²) in [6.45, 7) is 3.98. The topological polar surface area (TPSA) is 105 Å². The zero-order valence-electron chi connectivity index (χ0n) is 18.0. The first-order valence-corrected chi connectivity index (χ1v) is 12.1. The SMILES string of the molecule is CON=C1C[C@H]2CC[C@@H](C1)N2C(=O)c1cnc(Nc2nc(-c3sc(C)nc3C)cs2)nc1. The van der Waals surface area contributed by atoms with Gasteiger partial charge in [0.1, 0.15) is 7.11 Å². The van der Waals surface area contributed by atoms with Crippen molar-refractivity contribution in [3.05, 3.63) is 34.0 Å². The highest BCUT2D eigenvalue weighted by molar-refractivity contribution is 7.16. The average molecular weight is 470 g/mol. The Balaban J connectivity index is 1.27. The molecule has 0 unspecified atom stereocenters. The van der Waals surface area contributed by atoms with Crippen LogP contribution >= 0.6 is 22.7 Å². The lowest BCUT2D eigenvalue weighted by Gasteiger charge is -2.35. The van der Waals surface area contributed by atoms with E-state index in [9.17, 15) is 4.79 Å². The third-order valence-electron chi connectivity index (χ3n) is 5.78. The molecule has 0 saturated carbocycles. The predicted molar refractivity (Wildman–Crippen MR) is 125 cm³/mol. The van der Waals surface area contributed by atoms with Crippen molar-refractivity contribution in [2.45, 2.75) is 51.6 Å². The number of aryl methyl sites for hydroxylation is 2. The minimum absolute atomic E-state index is 0.0203. The van der Waals surface area contributed by atoms with Crippen molar-refractivity contribution in [3.63, 3.8) is 0 Å². The van der Waals surface area contributed by atoms with Gasteiger partial charge in [-0.1, -0.05) is 5.16 Å². The van der Waals surface area contributed by atoms with Crippen molar-refractivity contribution >= 4 is 45.4 Å². The van der Waals surface area contributed by atoms with Crippen molar-refractivity contribution in [1.82, 2.24) is 24.8 Å². The number of anilines is 2. The van der Waals surface area contributed by atoms with E-state index in [2.05, 4.69) is 30.4 Å². The predicted octanol–water partition coefficient (Wildman–Crippen LogP) is 4.19. The van der Waals surface area contributed by atoms with Crippen LogP contribution in [-0.4, -0.2) is 55.6 Å². The number of hydrogen-bond acceptors (Lipinski definition) is 10. The molecule has 3 aromatic heterocycles. The molecule has 2 aliphatic heterocycles. The Morgan fingerprint density at radius 2 is 1.91 bits per heavy atom. The Hall–Kier alpha value is -2.92. The average Bonchev–Trinajstić information content (AvgIpc) is 3.44. The largest absolute Gasteiger partial charge is 0.399 e. The number of carbonyl (C=O) groups excluding carboxylic acids is 1. The molecule has 11 heteroatoms. The third-order valence-corrected chi connectivity index (χ3v) is 7.63. The Morgan fingerprint density at radius 1 is 1.19 bits per heavy atom. The van der Waals surface area contributed by atoms with E-state index in [0.717, 1.165) is 52.7 Å². The maximum absolute atomic E-state index is 13.1. The molecule has 2 fully saturated rings. The highest BCUT2D eigenvalue weighted by atomic mass is 32.1. The molecule has 0 radical (unpaired) electrons. The van der Waals surface area contributed by atoms with E-state index < -0.39 is 0 Å². The molecule has 0 aromatic carbocycles. The Bertz CT molecular complexity index is 1160. The smallest absolute Gasteiger partial charge is 0.257 e. The molecule has 5 rings (SSSR count). The quantitative estimate of drug-likeness (QED) is 0.559. The van der Waals surface area contributed by atoms with Gasteiger partial charge in [0.05, 0.1) is 32.5 Å². The minimum atomic E-state index is -0.0203. The second kappa shape index (κ2) is 8.55. The summed E-state index contributed by atoms with van der Waals surface area (Å²) in [5.74, 6) is 0.392. The van der Waals surface area contributed by atoms with Gasteiger partial charge in [0.2, 0.25) is 5.95 Å². The summed E-state index contributed by atoms with van der Waals surface area (Å²) in [6.07, 6.45) is 6.68. The van der Waals surface area contributed by atoms with Gasteiger partial charge in [0, 0.05) is 42.7 Å². The van der Waals surface area contributed by atoms with E-state index in [1.54, 1.807) is 30.8 Å². The molecule has 32 heavy (non-hydrogen) atoms. The third kappa shape index (κ3) is 3.97. The number of amides is 1. The minimum Gasteiger partial charge on any atom is -0.399 e. The van der Waals surface area contributed by atoms with Crippen molar-refractivity contribution in [2.75, 3.05) is 12.4 Å². The van der Waals surface area contributed by atoms with E-state index in [0.29, 0.717) is 16.6 Å². The number of carbonyl (C=O) groups is 1. The summed E-state index contributed by atoms with van der Waals surface area (Å²) in [5.41, 5.74) is 3.40. The molecule has 2 atom stereocenters. The number of thiazole rings is 2. The lowest BCUT2D eigenvalue weighted by atomic mass is 10.00. The maximum atomic E-state index is 13.1. The Labute approximate surface area is 193 Å². The lowest BCUT2D eigenvalue weighted by Crippen LogP contribution is -2.46. The first-order chi connectivity index (χ1) is 15.5. The molecule has 5 heterocycles. The van der Waals surface area contributed by atoms with Gasteiger partial charge in [-0.15, -0.1) is 22.7 Å². The van der Waals surface area contributed by atoms with Crippen LogP contribution in [0.2, 0.25) is 0 Å². The molecule has 1 N–H and O–H groups in total. The summed E-state index contributed by atoms with van der Waals surface area (Å²) in [7, 11) is 1.56. The van der Waals surface area contributed by atoms with Crippen molar-refractivity contribution < 1.29 is 9.63 Å². The fraction of sp³-hybridized carbons (Fsp3) is 0.429. The number of nitrogens with one attached hydrogen (secondary N) is 1. The van der Waals surface area contributed by atoms with Gasteiger partial charge in [0.15, 0.2) is 5.13 Å². The van der Waals surface area contributed by atoms with E-state index >= 15 is 0 Å². The first kappa shape index (κ1) is 21.0. The standard InChI is InChI=1S/C21H23N7O2S2/c1-11-18(32-12(2)24-11)17-10-31-21(25-17)26-20-22-8-13(9-23-20)19(29)28-15-4-5-16(28)7-14(6-15)27-30-3/h8-10,15-16H,4-7H2,1-3H3,(H,22,23,25,26)/t15-,16+. The van der Waals surface area contributed by atoms with Crippen LogP contribution in [-0.2, 0) is 4.84 Å². The molecule has 0 spiro atoms. The van der Waals surface area contributed by atoms with Crippen LogP contribution in [0.5, 0.6) is 0 Å². The van der Waals surface area contributed by atoms with E-state index in [1.165, 1.54) is 11.3 Å². The van der Waals surface area contributed by atoms with Crippen LogP contribution in [0, 0.1) is 13.8 Å². The second-order valence-electron chi connectivity index (χ2n) is 7.95. The Kier molecular flexibility index (Phi) is 5.60. The normalized spacial score (nSPS) is 21.2. The monoisotopic (exact) mass is 469 g/mol. The zero-order valence-corrected chi connectivity index (χ0v) is 19.7. The summed E-state index contributed by atoms with van der Waals surface area (Å²) >= 11 is 3.11. The molecule has 166 valence electrons. The molecule has 1 amide bonds. The highest BCUT2D eigenvalue weighted by Gasteiger charge is 2.42. The number of nitrogens with zero attached hydrogens (tertiary/aromatic N) is 6. The molecule has 0 aliphatic carbocycles. The number of fused-ring (bicyclic) bond motifs is 2. The van der Waals surface area contributed by atoms with E-state index in [-0.39, 0.29) is 18.0 Å². The van der Waals surface area contributed by atoms with Crippen molar-refractivity contribution in [1.29, 1.82) is 0 Å². The van der Waals surface area contributed by atoms with Gasteiger partial charge in [0.25, 0.3) is 5.91 Å². The van der Waals surface area contributed by atoms with Crippen LogP contribution < -0.4 is 5.32 Å².